The van der Waals surface area contributed by atoms with Crippen LogP contribution in [0.3, 0.4) is 0 Å². The SMILES string of the molecule is Cc1ncc(C(O)c2ccc(F)c(F)c2)s1. The molecule has 0 fully saturated rings. The Bertz CT molecular complexity index is 512. The largest absolute Gasteiger partial charge is 0.383 e. The molecule has 0 aliphatic heterocycles. The lowest BCUT2D eigenvalue weighted by atomic mass is 10.1. The van der Waals surface area contributed by atoms with Crippen LogP contribution >= 0.6 is 11.3 Å². The van der Waals surface area contributed by atoms with Gasteiger partial charge in [-0.3, -0.25) is 0 Å². The van der Waals surface area contributed by atoms with Gasteiger partial charge in [0.05, 0.1) is 9.88 Å². The second-order valence-corrected chi connectivity index (χ2v) is 4.62. The molecule has 5 heteroatoms. The number of aryl methyl sites for hydroxylation is 1. The molecule has 2 nitrogen and oxygen atoms in total. The van der Waals surface area contributed by atoms with Gasteiger partial charge in [0, 0.05) is 6.20 Å². The van der Waals surface area contributed by atoms with Crippen LogP contribution in [0.4, 0.5) is 8.78 Å². The summed E-state index contributed by atoms with van der Waals surface area (Å²) in [7, 11) is 0. The quantitative estimate of drug-likeness (QED) is 0.877. The molecule has 0 saturated carbocycles. The molecule has 1 aromatic heterocycles. The number of nitrogens with zero attached hydrogens (tertiary/aromatic N) is 1. The van der Waals surface area contributed by atoms with E-state index in [1.165, 1.54) is 23.6 Å². The van der Waals surface area contributed by atoms with Crippen LogP contribution in [-0.4, -0.2) is 10.1 Å². The van der Waals surface area contributed by atoms with Crippen molar-refractivity contribution in [3.8, 4) is 0 Å². The van der Waals surface area contributed by atoms with Crippen LogP contribution in [0.15, 0.2) is 24.4 Å². The number of thiazole rings is 1. The van der Waals surface area contributed by atoms with Gasteiger partial charge >= 0.3 is 0 Å². The number of benzene rings is 1. The Morgan fingerprint density at radius 3 is 2.62 bits per heavy atom. The van der Waals surface area contributed by atoms with Gasteiger partial charge in [0.2, 0.25) is 0 Å². The molecule has 1 N–H and O–H groups in total. The Hall–Kier alpha value is -1.33. The lowest BCUT2D eigenvalue weighted by molar-refractivity contribution is 0.223. The fourth-order valence-corrected chi connectivity index (χ4v) is 2.15. The summed E-state index contributed by atoms with van der Waals surface area (Å²) >= 11 is 1.32. The number of hydrogen-bond acceptors (Lipinski definition) is 3. The predicted octanol–water partition coefficient (Wildman–Crippen LogP) is 2.81. The zero-order valence-electron chi connectivity index (χ0n) is 8.45. The second kappa shape index (κ2) is 4.27. The highest BCUT2D eigenvalue weighted by molar-refractivity contribution is 7.11. The number of aromatic nitrogens is 1. The van der Waals surface area contributed by atoms with Gasteiger partial charge in [-0.2, -0.15) is 0 Å². The molecular formula is C11H9F2NOS. The third-order valence-electron chi connectivity index (χ3n) is 2.17. The Morgan fingerprint density at radius 1 is 1.31 bits per heavy atom. The minimum atomic E-state index is -0.960. The van der Waals surface area contributed by atoms with Gasteiger partial charge in [0.1, 0.15) is 6.10 Å². The maximum absolute atomic E-state index is 13.0. The number of rotatable bonds is 2. The molecule has 16 heavy (non-hydrogen) atoms. The highest BCUT2D eigenvalue weighted by atomic mass is 32.1. The summed E-state index contributed by atoms with van der Waals surface area (Å²) in [6.07, 6.45) is 0.577. The monoisotopic (exact) mass is 241 g/mol. The molecule has 0 radical (unpaired) electrons. The minimum absolute atomic E-state index is 0.322. The lowest BCUT2D eigenvalue weighted by Crippen LogP contribution is -1.98. The summed E-state index contributed by atoms with van der Waals surface area (Å²) in [5, 5.41) is 10.7. The van der Waals surface area contributed by atoms with Crippen molar-refractivity contribution in [1.82, 2.24) is 4.98 Å². The maximum atomic E-state index is 13.0. The van der Waals surface area contributed by atoms with E-state index in [9.17, 15) is 13.9 Å². The van der Waals surface area contributed by atoms with Crippen LogP contribution < -0.4 is 0 Å². The van der Waals surface area contributed by atoms with Crippen molar-refractivity contribution in [2.75, 3.05) is 0 Å². The molecule has 1 heterocycles. The van der Waals surface area contributed by atoms with Gasteiger partial charge in [-0.05, 0) is 24.6 Å². The van der Waals surface area contributed by atoms with Gasteiger partial charge in [-0.15, -0.1) is 11.3 Å². The van der Waals surface area contributed by atoms with Crippen molar-refractivity contribution in [2.45, 2.75) is 13.0 Å². The molecule has 0 spiro atoms. The van der Waals surface area contributed by atoms with Crippen molar-refractivity contribution in [1.29, 1.82) is 0 Å². The maximum Gasteiger partial charge on any atom is 0.159 e. The van der Waals surface area contributed by atoms with Crippen LogP contribution in [0.5, 0.6) is 0 Å². The van der Waals surface area contributed by atoms with Crippen LogP contribution in [-0.2, 0) is 0 Å². The average Bonchev–Trinajstić information content (AvgIpc) is 2.68. The van der Waals surface area contributed by atoms with E-state index in [1.807, 2.05) is 6.92 Å². The van der Waals surface area contributed by atoms with E-state index < -0.39 is 17.7 Å². The van der Waals surface area contributed by atoms with E-state index in [2.05, 4.69) is 4.98 Å². The first-order chi connectivity index (χ1) is 7.58. The normalized spacial score (nSPS) is 12.8. The van der Waals surface area contributed by atoms with E-state index in [0.717, 1.165) is 17.1 Å². The van der Waals surface area contributed by atoms with Crippen LogP contribution in [0.1, 0.15) is 21.6 Å². The van der Waals surface area contributed by atoms with Gasteiger partial charge < -0.3 is 5.11 Å². The van der Waals surface area contributed by atoms with Crippen LogP contribution in [0.2, 0.25) is 0 Å². The first-order valence-electron chi connectivity index (χ1n) is 4.63. The molecule has 0 bridgehead atoms. The van der Waals surface area contributed by atoms with Gasteiger partial charge in [0.25, 0.3) is 0 Å². The zero-order valence-corrected chi connectivity index (χ0v) is 9.26. The van der Waals surface area contributed by atoms with E-state index in [-0.39, 0.29) is 0 Å². The standard InChI is InChI=1S/C11H9F2NOS/c1-6-14-5-10(16-6)11(15)7-2-3-8(12)9(13)4-7/h2-5,11,15H,1H3. The van der Waals surface area contributed by atoms with Crippen LogP contribution in [0, 0.1) is 18.6 Å². The predicted molar refractivity (Wildman–Crippen MR) is 57.3 cm³/mol. The van der Waals surface area contributed by atoms with E-state index in [1.54, 1.807) is 0 Å². The molecule has 2 aromatic rings. The Morgan fingerprint density at radius 2 is 2.06 bits per heavy atom. The first-order valence-corrected chi connectivity index (χ1v) is 5.45. The Balaban J connectivity index is 2.33. The van der Waals surface area contributed by atoms with Crippen molar-refractivity contribution in [3.63, 3.8) is 0 Å². The zero-order chi connectivity index (χ0) is 11.7. The number of hydrogen-bond donors (Lipinski definition) is 1. The molecule has 1 unspecified atom stereocenters. The Kier molecular flexibility index (Phi) is 2.98. The van der Waals surface area contributed by atoms with Crippen molar-refractivity contribution in [3.05, 3.63) is 51.5 Å². The first kappa shape index (κ1) is 11.2. The highest BCUT2D eigenvalue weighted by Gasteiger charge is 2.15. The summed E-state index contributed by atoms with van der Waals surface area (Å²) < 4.78 is 25.7. The summed E-state index contributed by atoms with van der Waals surface area (Å²) in [6, 6.07) is 3.36. The van der Waals surface area contributed by atoms with Gasteiger partial charge in [0.15, 0.2) is 11.6 Å². The van der Waals surface area contributed by atoms with E-state index >= 15 is 0 Å². The summed E-state index contributed by atoms with van der Waals surface area (Å²) in [5.74, 6) is -1.88. The molecule has 1 aromatic carbocycles. The fraction of sp³-hybridized carbons (Fsp3) is 0.182. The number of aliphatic hydroxyl groups is 1. The van der Waals surface area contributed by atoms with Gasteiger partial charge in [-0.25, -0.2) is 13.8 Å². The smallest absolute Gasteiger partial charge is 0.159 e. The molecule has 0 aliphatic carbocycles. The summed E-state index contributed by atoms with van der Waals surface area (Å²) in [4.78, 5) is 4.61. The number of halogens is 2. The summed E-state index contributed by atoms with van der Waals surface area (Å²) in [5.41, 5.74) is 0.322. The average molecular weight is 241 g/mol. The molecule has 1 atom stereocenters. The molecule has 0 saturated heterocycles. The van der Waals surface area contributed by atoms with Crippen molar-refractivity contribution >= 4 is 11.3 Å². The van der Waals surface area contributed by atoms with Crippen molar-refractivity contribution < 1.29 is 13.9 Å². The summed E-state index contributed by atoms with van der Waals surface area (Å²) in [6.45, 7) is 1.81. The molecule has 0 amide bonds. The molecular weight excluding hydrogens is 232 g/mol. The third-order valence-corrected chi connectivity index (χ3v) is 3.13. The van der Waals surface area contributed by atoms with Crippen LogP contribution in [0.25, 0.3) is 0 Å². The second-order valence-electron chi connectivity index (χ2n) is 3.36. The topological polar surface area (TPSA) is 33.1 Å². The molecule has 0 aliphatic rings. The van der Waals surface area contributed by atoms with E-state index in [4.69, 9.17) is 0 Å². The minimum Gasteiger partial charge on any atom is -0.383 e. The third kappa shape index (κ3) is 2.10. The Labute approximate surface area is 95.2 Å². The molecule has 2 rings (SSSR count). The van der Waals surface area contributed by atoms with Gasteiger partial charge in [-0.1, -0.05) is 6.07 Å². The number of aliphatic hydroxyl groups excluding tert-OH is 1. The fourth-order valence-electron chi connectivity index (χ4n) is 1.35. The molecule has 84 valence electrons. The highest BCUT2D eigenvalue weighted by Crippen LogP contribution is 2.27. The van der Waals surface area contributed by atoms with Crippen molar-refractivity contribution in [2.24, 2.45) is 0 Å². The van der Waals surface area contributed by atoms with E-state index in [0.29, 0.717) is 10.4 Å². The lowest BCUT2D eigenvalue weighted by Gasteiger charge is -2.08.